The zero-order valence-corrected chi connectivity index (χ0v) is 20.3. The first-order valence-electron chi connectivity index (χ1n) is 12.0. The summed E-state index contributed by atoms with van der Waals surface area (Å²) in [5, 5.41) is 2.96. The highest BCUT2D eigenvalue weighted by atomic mass is 32.2. The van der Waals surface area contributed by atoms with Crippen LogP contribution < -0.4 is 10.2 Å². The maximum Gasteiger partial charge on any atom is 0.255 e. The summed E-state index contributed by atoms with van der Waals surface area (Å²) in [6.07, 6.45) is 1.81. The lowest BCUT2D eigenvalue weighted by molar-refractivity contribution is 0.102. The molecular weight excluding hydrogens is 462 g/mol. The van der Waals surface area contributed by atoms with Crippen LogP contribution in [-0.4, -0.2) is 58.0 Å². The van der Waals surface area contributed by atoms with Crippen LogP contribution in [0.3, 0.4) is 0 Å². The van der Waals surface area contributed by atoms with E-state index in [0.29, 0.717) is 23.5 Å². The van der Waals surface area contributed by atoms with Crippen LogP contribution in [-0.2, 0) is 14.8 Å². The molecule has 8 heteroatoms. The topological polar surface area (TPSA) is 79.0 Å². The molecule has 2 saturated heterocycles. The van der Waals surface area contributed by atoms with Gasteiger partial charge in [-0.15, -0.1) is 0 Å². The van der Waals surface area contributed by atoms with E-state index in [1.807, 2.05) is 42.5 Å². The van der Waals surface area contributed by atoms with E-state index in [9.17, 15) is 13.2 Å². The fraction of sp³-hybridized carbons (Fsp3) is 0.296. The van der Waals surface area contributed by atoms with E-state index in [-0.39, 0.29) is 5.91 Å². The van der Waals surface area contributed by atoms with E-state index >= 15 is 0 Å². The molecule has 1 amide bonds. The van der Waals surface area contributed by atoms with Gasteiger partial charge >= 0.3 is 0 Å². The summed E-state index contributed by atoms with van der Waals surface area (Å²) >= 11 is 0. The quantitative estimate of drug-likeness (QED) is 0.558. The third-order valence-electron chi connectivity index (χ3n) is 6.52. The molecule has 2 aliphatic heterocycles. The highest BCUT2D eigenvalue weighted by Gasteiger charge is 2.27. The van der Waals surface area contributed by atoms with Crippen molar-refractivity contribution >= 4 is 27.3 Å². The molecule has 0 bridgehead atoms. The fourth-order valence-electron chi connectivity index (χ4n) is 4.52. The molecule has 182 valence electrons. The lowest BCUT2D eigenvalue weighted by Crippen LogP contribution is -2.36. The van der Waals surface area contributed by atoms with Gasteiger partial charge in [-0.2, -0.15) is 4.31 Å². The minimum absolute atomic E-state index is 0.195. The maximum absolute atomic E-state index is 12.9. The van der Waals surface area contributed by atoms with E-state index in [1.54, 1.807) is 34.6 Å². The first-order valence-corrected chi connectivity index (χ1v) is 13.4. The Hall–Kier alpha value is -3.20. The monoisotopic (exact) mass is 491 g/mol. The standard InChI is InChI=1S/C27H29N3O4S/c31-27(28-24-8-10-25(11-9-24)29-16-18-34-19-17-29)23-5-3-4-22(20-23)21-6-12-26(13-7-21)35(32,33)30-14-1-2-15-30/h3-13,20H,1-2,14-19H2,(H,28,31). The van der Waals surface area contributed by atoms with E-state index in [1.165, 1.54) is 0 Å². The van der Waals surface area contributed by atoms with Crippen molar-refractivity contribution in [3.63, 3.8) is 0 Å². The van der Waals surface area contributed by atoms with Crippen LogP contribution in [0.5, 0.6) is 0 Å². The zero-order valence-electron chi connectivity index (χ0n) is 19.5. The predicted octanol–water partition coefficient (Wildman–Crippen LogP) is 4.23. The number of nitrogens with one attached hydrogen (secondary N) is 1. The number of hydrogen-bond acceptors (Lipinski definition) is 5. The van der Waals surface area contributed by atoms with Crippen molar-refractivity contribution in [3.05, 3.63) is 78.4 Å². The molecule has 5 rings (SSSR count). The molecule has 0 atom stereocenters. The van der Waals surface area contributed by atoms with Gasteiger partial charge in [-0.25, -0.2) is 8.42 Å². The number of benzene rings is 3. The number of amides is 1. The molecule has 3 aromatic carbocycles. The van der Waals surface area contributed by atoms with Gasteiger partial charge in [0, 0.05) is 43.1 Å². The molecule has 2 aliphatic rings. The number of hydrogen-bond donors (Lipinski definition) is 1. The Labute approximate surface area is 206 Å². The highest BCUT2D eigenvalue weighted by Crippen LogP contribution is 2.26. The Morgan fingerprint density at radius 1 is 0.800 bits per heavy atom. The van der Waals surface area contributed by atoms with Gasteiger partial charge in [0.1, 0.15) is 0 Å². The van der Waals surface area contributed by atoms with E-state index in [4.69, 9.17) is 4.74 Å². The largest absolute Gasteiger partial charge is 0.378 e. The Balaban J connectivity index is 1.27. The Morgan fingerprint density at radius 2 is 1.49 bits per heavy atom. The first kappa shape index (κ1) is 23.5. The van der Waals surface area contributed by atoms with E-state index in [2.05, 4.69) is 10.2 Å². The zero-order chi connectivity index (χ0) is 24.3. The van der Waals surface area contributed by atoms with Crippen molar-refractivity contribution in [2.24, 2.45) is 0 Å². The molecule has 7 nitrogen and oxygen atoms in total. The van der Waals surface area contributed by atoms with Gasteiger partial charge in [0.25, 0.3) is 5.91 Å². The van der Waals surface area contributed by atoms with Gasteiger partial charge in [0.05, 0.1) is 18.1 Å². The fourth-order valence-corrected chi connectivity index (χ4v) is 6.03. The second-order valence-corrected chi connectivity index (χ2v) is 10.8. The van der Waals surface area contributed by atoms with Gasteiger partial charge in [0.15, 0.2) is 0 Å². The second kappa shape index (κ2) is 10.2. The molecule has 0 aliphatic carbocycles. The van der Waals surface area contributed by atoms with Crippen LogP contribution >= 0.6 is 0 Å². The van der Waals surface area contributed by atoms with Gasteiger partial charge in [-0.3, -0.25) is 4.79 Å². The lowest BCUT2D eigenvalue weighted by atomic mass is 10.0. The summed E-state index contributed by atoms with van der Waals surface area (Å²) in [5.74, 6) is -0.195. The van der Waals surface area contributed by atoms with Gasteiger partial charge in [-0.05, 0) is 72.5 Å². The number of nitrogens with zero attached hydrogens (tertiary/aromatic N) is 2. The SMILES string of the molecule is O=C(Nc1ccc(N2CCOCC2)cc1)c1cccc(-c2ccc(S(=O)(=O)N3CCCC3)cc2)c1. The van der Waals surface area contributed by atoms with E-state index in [0.717, 1.165) is 61.6 Å². The van der Waals surface area contributed by atoms with Crippen molar-refractivity contribution in [3.8, 4) is 11.1 Å². The molecule has 0 unspecified atom stereocenters. The number of ether oxygens (including phenoxy) is 1. The number of sulfonamides is 1. The van der Waals surface area contributed by atoms with Crippen LogP contribution in [0.2, 0.25) is 0 Å². The summed E-state index contributed by atoms with van der Waals surface area (Å²) in [7, 11) is -3.44. The average Bonchev–Trinajstić information content (AvgIpc) is 3.46. The third kappa shape index (κ3) is 5.24. The van der Waals surface area contributed by atoms with Crippen molar-refractivity contribution in [2.45, 2.75) is 17.7 Å². The number of morpholine rings is 1. The summed E-state index contributed by atoms with van der Waals surface area (Å²) in [4.78, 5) is 15.5. The third-order valence-corrected chi connectivity index (χ3v) is 8.43. The molecule has 2 fully saturated rings. The molecule has 0 spiro atoms. The minimum atomic E-state index is -3.44. The Bertz CT molecular complexity index is 1280. The first-order chi connectivity index (χ1) is 17.0. The molecule has 3 aromatic rings. The van der Waals surface area contributed by atoms with Crippen LogP contribution in [0.1, 0.15) is 23.2 Å². The van der Waals surface area contributed by atoms with Crippen molar-refractivity contribution in [2.75, 3.05) is 49.6 Å². The van der Waals surface area contributed by atoms with Crippen LogP contribution in [0.15, 0.2) is 77.7 Å². The number of rotatable bonds is 6. The molecule has 0 radical (unpaired) electrons. The van der Waals surface area contributed by atoms with Crippen molar-refractivity contribution < 1.29 is 17.9 Å². The molecule has 1 N–H and O–H groups in total. The maximum atomic E-state index is 12.9. The van der Waals surface area contributed by atoms with Gasteiger partial charge in [0.2, 0.25) is 10.0 Å². The molecule has 0 aromatic heterocycles. The summed E-state index contributed by atoms with van der Waals surface area (Å²) < 4.78 is 32.5. The van der Waals surface area contributed by atoms with Crippen LogP contribution in [0, 0.1) is 0 Å². The Kier molecular flexibility index (Phi) is 6.86. The second-order valence-electron chi connectivity index (χ2n) is 8.82. The van der Waals surface area contributed by atoms with Gasteiger partial charge < -0.3 is 15.0 Å². The number of carbonyl (C=O) groups is 1. The van der Waals surface area contributed by atoms with Crippen LogP contribution in [0.25, 0.3) is 11.1 Å². The minimum Gasteiger partial charge on any atom is -0.378 e. The smallest absolute Gasteiger partial charge is 0.255 e. The predicted molar refractivity (Wildman–Crippen MR) is 137 cm³/mol. The Morgan fingerprint density at radius 3 is 2.17 bits per heavy atom. The summed E-state index contributed by atoms with van der Waals surface area (Å²) in [6.45, 7) is 4.35. The lowest BCUT2D eigenvalue weighted by Gasteiger charge is -2.28. The molecule has 0 saturated carbocycles. The molecule has 2 heterocycles. The number of carbonyl (C=O) groups excluding carboxylic acids is 1. The summed E-state index contributed by atoms with van der Waals surface area (Å²) in [6, 6.07) is 22.1. The average molecular weight is 492 g/mol. The van der Waals surface area contributed by atoms with Crippen molar-refractivity contribution in [1.29, 1.82) is 0 Å². The van der Waals surface area contributed by atoms with E-state index < -0.39 is 10.0 Å². The normalized spacial score (nSPS) is 16.9. The molecule has 35 heavy (non-hydrogen) atoms. The van der Waals surface area contributed by atoms with Crippen molar-refractivity contribution in [1.82, 2.24) is 4.31 Å². The summed E-state index contributed by atoms with van der Waals surface area (Å²) in [5.41, 5.74) is 4.09. The van der Waals surface area contributed by atoms with Gasteiger partial charge in [-0.1, -0.05) is 24.3 Å². The van der Waals surface area contributed by atoms with Crippen LogP contribution in [0.4, 0.5) is 11.4 Å². The highest BCUT2D eigenvalue weighted by molar-refractivity contribution is 7.89. The number of anilines is 2. The molecular formula is C27H29N3O4S.